The van der Waals surface area contributed by atoms with E-state index in [4.69, 9.17) is 0 Å². The lowest BCUT2D eigenvalue weighted by Gasteiger charge is -2.40. The van der Waals surface area contributed by atoms with Crippen LogP contribution in [0.25, 0.3) is 0 Å². The van der Waals surface area contributed by atoms with Gasteiger partial charge >= 0.3 is 0 Å². The van der Waals surface area contributed by atoms with Gasteiger partial charge in [-0.3, -0.25) is 14.3 Å². The van der Waals surface area contributed by atoms with E-state index in [1.165, 1.54) is 0 Å². The molecule has 0 saturated carbocycles. The Morgan fingerprint density at radius 3 is 2.80 bits per heavy atom. The topological polar surface area (TPSA) is 70.5 Å². The van der Waals surface area contributed by atoms with Crippen LogP contribution in [0.1, 0.15) is 39.5 Å². The van der Waals surface area contributed by atoms with E-state index in [1.807, 2.05) is 30.0 Å². The number of piperidine rings is 2. The van der Waals surface area contributed by atoms with Crippen LogP contribution in [0, 0.1) is 5.92 Å². The largest absolute Gasteiger partial charge is 0.342 e. The Labute approximate surface area is 149 Å². The van der Waals surface area contributed by atoms with Crippen LogP contribution in [0.3, 0.4) is 0 Å². The summed E-state index contributed by atoms with van der Waals surface area (Å²) in [5.41, 5.74) is 0.871. The molecule has 1 aromatic heterocycles. The molecule has 0 bridgehead atoms. The van der Waals surface area contributed by atoms with Crippen molar-refractivity contribution in [2.45, 2.75) is 51.6 Å². The fourth-order valence-electron chi connectivity index (χ4n) is 3.94. The molecule has 3 heterocycles. The second kappa shape index (κ2) is 7.56. The van der Waals surface area contributed by atoms with Crippen LogP contribution in [-0.4, -0.2) is 58.2 Å². The lowest BCUT2D eigenvalue weighted by molar-refractivity contribution is -0.133. The Hall–Kier alpha value is -1.89. The zero-order chi connectivity index (χ0) is 18.0. The molecule has 25 heavy (non-hydrogen) atoms. The van der Waals surface area contributed by atoms with Gasteiger partial charge in [0.15, 0.2) is 0 Å². The molecular weight excluding hydrogens is 318 g/mol. The van der Waals surface area contributed by atoms with Crippen molar-refractivity contribution in [1.82, 2.24) is 20.0 Å². The number of aromatic nitrogens is 2. The molecule has 7 nitrogen and oxygen atoms in total. The van der Waals surface area contributed by atoms with Gasteiger partial charge in [-0.15, -0.1) is 0 Å². The molecular formula is C18H29N5O2. The highest BCUT2D eigenvalue weighted by Crippen LogP contribution is 2.23. The van der Waals surface area contributed by atoms with Gasteiger partial charge in [0.1, 0.15) is 0 Å². The summed E-state index contributed by atoms with van der Waals surface area (Å²) in [4.78, 5) is 28.6. The van der Waals surface area contributed by atoms with E-state index in [9.17, 15) is 9.59 Å². The molecule has 0 unspecified atom stereocenters. The van der Waals surface area contributed by atoms with E-state index in [2.05, 4.69) is 17.3 Å². The summed E-state index contributed by atoms with van der Waals surface area (Å²) in [5, 5.41) is 7.76. The predicted molar refractivity (Wildman–Crippen MR) is 96.2 cm³/mol. The van der Waals surface area contributed by atoms with Crippen molar-refractivity contribution in [3.8, 4) is 0 Å². The Balaban J connectivity index is 1.61. The Morgan fingerprint density at radius 1 is 1.36 bits per heavy atom. The van der Waals surface area contributed by atoms with Crippen LogP contribution in [-0.2, 0) is 16.6 Å². The Morgan fingerprint density at radius 2 is 2.16 bits per heavy atom. The molecule has 0 aromatic carbocycles. The molecule has 2 amide bonds. The zero-order valence-corrected chi connectivity index (χ0v) is 15.4. The molecule has 2 saturated heterocycles. The number of anilines is 1. The first-order chi connectivity index (χ1) is 12.0. The lowest BCUT2D eigenvalue weighted by atomic mass is 9.91. The van der Waals surface area contributed by atoms with Gasteiger partial charge in [-0.2, -0.15) is 5.10 Å². The highest BCUT2D eigenvalue weighted by molar-refractivity contribution is 5.97. The quantitative estimate of drug-likeness (QED) is 0.887. The summed E-state index contributed by atoms with van der Waals surface area (Å²) >= 11 is 0. The monoisotopic (exact) mass is 347 g/mol. The van der Waals surface area contributed by atoms with Crippen LogP contribution < -0.4 is 10.2 Å². The third-order valence-corrected chi connectivity index (χ3v) is 5.42. The van der Waals surface area contributed by atoms with E-state index < -0.39 is 0 Å². The first-order valence-electron chi connectivity index (χ1n) is 9.33. The molecule has 7 heteroatoms. The van der Waals surface area contributed by atoms with Crippen LogP contribution in [0.2, 0.25) is 0 Å². The Bertz CT molecular complexity index is 629. The van der Waals surface area contributed by atoms with Crippen LogP contribution in [0.4, 0.5) is 5.69 Å². The summed E-state index contributed by atoms with van der Waals surface area (Å²) in [7, 11) is 1.86. The Kier molecular flexibility index (Phi) is 5.42. The van der Waals surface area contributed by atoms with E-state index >= 15 is 0 Å². The SMILES string of the molecule is CCC(=O)N1CC[C@H](N[C@H]2CCCN(c3cnn(C)c3)C2=O)[C@@H](C)C1. The van der Waals surface area contributed by atoms with E-state index in [0.29, 0.717) is 12.3 Å². The molecule has 0 radical (unpaired) electrons. The van der Waals surface area contributed by atoms with Gasteiger partial charge in [-0.1, -0.05) is 13.8 Å². The maximum atomic E-state index is 12.9. The summed E-state index contributed by atoms with van der Waals surface area (Å²) < 4.78 is 1.72. The van der Waals surface area contributed by atoms with Gasteiger partial charge in [0, 0.05) is 45.3 Å². The molecule has 0 spiro atoms. The van der Waals surface area contributed by atoms with Gasteiger partial charge in [0.2, 0.25) is 11.8 Å². The van der Waals surface area contributed by atoms with Gasteiger partial charge in [0.05, 0.1) is 17.9 Å². The molecule has 1 N–H and O–H groups in total. The molecule has 0 aliphatic carbocycles. The number of carbonyl (C=O) groups excluding carboxylic acids is 2. The molecule has 2 aliphatic heterocycles. The van der Waals surface area contributed by atoms with E-state index in [1.54, 1.807) is 10.9 Å². The van der Waals surface area contributed by atoms with Gasteiger partial charge in [-0.05, 0) is 25.2 Å². The third kappa shape index (κ3) is 3.86. The third-order valence-electron chi connectivity index (χ3n) is 5.42. The minimum atomic E-state index is -0.144. The zero-order valence-electron chi connectivity index (χ0n) is 15.4. The van der Waals surface area contributed by atoms with Crippen LogP contribution in [0.5, 0.6) is 0 Å². The maximum Gasteiger partial charge on any atom is 0.244 e. The van der Waals surface area contributed by atoms with Crippen molar-refractivity contribution in [3.05, 3.63) is 12.4 Å². The standard InChI is InChI=1S/C18H29N5O2/c1-4-17(24)22-9-7-15(13(2)11-22)20-16-6-5-8-23(18(16)25)14-10-19-21(3)12-14/h10,12-13,15-16,20H,4-9,11H2,1-3H3/t13-,15-,16-/m0/s1. The molecule has 3 rings (SSSR count). The van der Waals surface area contributed by atoms with Crippen molar-refractivity contribution < 1.29 is 9.59 Å². The number of likely N-dealkylation sites (tertiary alicyclic amines) is 1. The average molecular weight is 347 g/mol. The average Bonchev–Trinajstić information content (AvgIpc) is 3.03. The first kappa shape index (κ1) is 17.9. The lowest BCUT2D eigenvalue weighted by Crippen LogP contribution is -2.58. The van der Waals surface area contributed by atoms with Crippen molar-refractivity contribution in [2.75, 3.05) is 24.5 Å². The highest BCUT2D eigenvalue weighted by Gasteiger charge is 2.35. The molecule has 1 aromatic rings. The molecule has 3 atom stereocenters. The fraction of sp³-hybridized carbons (Fsp3) is 0.722. The maximum absolute atomic E-state index is 12.9. The van der Waals surface area contributed by atoms with Crippen molar-refractivity contribution in [1.29, 1.82) is 0 Å². The number of nitrogens with zero attached hydrogens (tertiary/aromatic N) is 4. The number of hydrogen-bond acceptors (Lipinski definition) is 4. The van der Waals surface area contributed by atoms with Crippen LogP contribution in [0.15, 0.2) is 12.4 Å². The number of carbonyl (C=O) groups is 2. The van der Waals surface area contributed by atoms with Gasteiger partial charge in [-0.25, -0.2) is 0 Å². The van der Waals surface area contributed by atoms with E-state index in [-0.39, 0.29) is 23.9 Å². The fourth-order valence-corrected chi connectivity index (χ4v) is 3.94. The normalized spacial score (nSPS) is 27.6. The predicted octanol–water partition coefficient (Wildman–Crippen LogP) is 1.15. The number of nitrogens with one attached hydrogen (secondary N) is 1. The smallest absolute Gasteiger partial charge is 0.244 e. The van der Waals surface area contributed by atoms with E-state index in [0.717, 1.165) is 44.6 Å². The number of rotatable bonds is 4. The molecule has 2 aliphatic rings. The molecule has 138 valence electrons. The van der Waals surface area contributed by atoms with Crippen LogP contribution >= 0.6 is 0 Å². The van der Waals surface area contributed by atoms with Crippen molar-refractivity contribution in [2.24, 2.45) is 13.0 Å². The summed E-state index contributed by atoms with van der Waals surface area (Å²) in [6.07, 6.45) is 6.96. The van der Waals surface area contributed by atoms with Gasteiger partial charge in [0.25, 0.3) is 0 Å². The minimum absolute atomic E-state index is 0.138. The summed E-state index contributed by atoms with van der Waals surface area (Å²) in [5.74, 6) is 0.714. The number of aryl methyl sites for hydroxylation is 1. The number of hydrogen-bond donors (Lipinski definition) is 1. The molecule has 2 fully saturated rings. The minimum Gasteiger partial charge on any atom is -0.342 e. The summed E-state index contributed by atoms with van der Waals surface area (Å²) in [6, 6.07) is 0.138. The summed E-state index contributed by atoms with van der Waals surface area (Å²) in [6.45, 7) is 6.38. The van der Waals surface area contributed by atoms with Gasteiger partial charge < -0.3 is 15.1 Å². The second-order valence-corrected chi connectivity index (χ2v) is 7.29. The van der Waals surface area contributed by atoms with Crippen molar-refractivity contribution >= 4 is 17.5 Å². The first-order valence-corrected chi connectivity index (χ1v) is 9.33. The van der Waals surface area contributed by atoms with Crippen molar-refractivity contribution in [3.63, 3.8) is 0 Å². The highest BCUT2D eigenvalue weighted by atomic mass is 16.2. The number of amides is 2. The second-order valence-electron chi connectivity index (χ2n) is 7.29.